The Morgan fingerprint density at radius 2 is 2.12 bits per heavy atom. The fourth-order valence-electron chi connectivity index (χ4n) is 2.06. The molecule has 0 bridgehead atoms. The van der Waals surface area contributed by atoms with E-state index < -0.39 is 0 Å². The Kier molecular flexibility index (Phi) is 3.77. The van der Waals surface area contributed by atoms with Gasteiger partial charge in [0.1, 0.15) is 5.75 Å². The lowest BCUT2D eigenvalue weighted by Crippen LogP contribution is -2.32. The monoisotopic (exact) mass is 237 g/mol. The highest BCUT2D eigenvalue weighted by atomic mass is 32.2. The maximum absolute atomic E-state index is 9.17. The van der Waals surface area contributed by atoms with E-state index in [-0.39, 0.29) is 0 Å². The molecule has 1 heterocycles. The van der Waals surface area contributed by atoms with E-state index in [0.717, 1.165) is 13.1 Å². The number of thioether (sulfide) groups is 1. The normalized spacial score (nSPS) is 24.8. The number of aromatic hydroxyl groups is 1. The maximum Gasteiger partial charge on any atom is 0.115 e. The van der Waals surface area contributed by atoms with Gasteiger partial charge in [0.25, 0.3) is 0 Å². The van der Waals surface area contributed by atoms with E-state index in [0.29, 0.717) is 10.5 Å². The minimum Gasteiger partial charge on any atom is -0.508 e. The third-order valence-corrected chi connectivity index (χ3v) is 4.60. The van der Waals surface area contributed by atoms with Crippen molar-refractivity contribution in [1.82, 2.24) is 5.32 Å². The van der Waals surface area contributed by atoms with Gasteiger partial charge in [-0.2, -0.15) is 11.8 Å². The van der Waals surface area contributed by atoms with Gasteiger partial charge in [-0.1, -0.05) is 12.1 Å². The standard InChI is InChI=1S/C13H19NOS/c1-13(7-2-8-16-13)10-14-9-11-3-5-12(15)6-4-11/h3-6,14-15H,2,7-10H2,1H3. The predicted molar refractivity (Wildman–Crippen MR) is 69.9 cm³/mol. The first-order valence-electron chi connectivity index (χ1n) is 5.81. The fraction of sp³-hybridized carbons (Fsp3) is 0.538. The molecule has 2 rings (SSSR count). The summed E-state index contributed by atoms with van der Waals surface area (Å²) in [7, 11) is 0. The Bertz CT molecular complexity index is 330. The Balaban J connectivity index is 1.77. The Labute approximate surface area is 101 Å². The predicted octanol–water partition coefficient (Wildman–Crippen LogP) is 2.77. The molecule has 0 aliphatic carbocycles. The molecule has 88 valence electrons. The number of rotatable bonds is 4. The quantitative estimate of drug-likeness (QED) is 0.844. The molecule has 1 fully saturated rings. The number of phenolic OH excluding ortho intramolecular Hbond substituents is 1. The lowest BCUT2D eigenvalue weighted by atomic mass is 10.1. The van der Waals surface area contributed by atoms with Crippen LogP contribution in [0, 0.1) is 0 Å². The van der Waals surface area contributed by atoms with Crippen molar-refractivity contribution in [1.29, 1.82) is 0 Å². The minimum atomic E-state index is 0.335. The van der Waals surface area contributed by atoms with Crippen molar-refractivity contribution < 1.29 is 5.11 Å². The van der Waals surface area contributed by atoms with Crippen LogP contribution in [-0.4, -0.2) is 22.2 Å². The van der Waals surface area contributed by atoms with E-state index in [1.165, 1.54) is 24.2 Å². The van der Waals surface area contributed by atoms with E-state index in [1.54, 1.807) is 12.1 Å². The number of hydrogen-bond acceptors (Lipinski definition) is 3. The van der Waals surface area contributed by atoms with Crippen LogP contribution in [0.4, 0.5) is 0 Å². The average Bonchev–Trinajstić information content (AvgIpc) is 2.69. The summed E-state index contributed by atoms with van der Waals surface area (Å²) in [6, 6.07) is 7.41. The molecule has 0 spiro atoms. The van der Waals surface area contributed by atoms with Crippen LogP contribution in [0.25, 0.3) is 0 Å². The van der Waals surface area contributed by atoms with Crippen LogP contribution in [0.1, 0.15) is 25.3 Å². The second-order valence-corrected chi connectivity index (χ2v) is 6.35. The van der Waals surface area contributed by atoms with E-state index in [4.69, 9.17) is 0 Å². The summed E-state index contributed by atoms with van der Waals surface area (Å²) < 4.78 is 0.427. The van der Waals surface area contributed by atoms with Crippen LogP contribution in [0.15, 0.2) is 24.3 Å². The molecule has 0 aromatic heterocycles. The van der Waals surface area contributed by atoms with Crippen LogP contribution in [0.3, 0.4) is 0 Å². The van der Waals surface area contributed by atoms with Gasteiger partial charge in [-0.3, -0.25) is 0 Å². The van der Waals surface area contributed by atoms with Crippen molar-refractivity contribution in [2.45, 2.75) is 31.1 Å². The molecule has 1 aromatic carbocycles. The number of hydrogen-bond donors (Lipinski definition) is 2. The number of nitrogens with one attached hydrogen (secondary N) is 1. The van der Waals surface area contributed by atoms with Crippen LogP contribution in [0.5, 0.6) is 5.75 Å². The lowest BCUT2D eigenvalue weighted by molar-refractivity contribution is 0.474. The SMILES string of the molecule is CC1(CNCc2ccc(O)cc2)CCCS1. The summed E-state index contributed by atoms with van der Waals surface area (Å²) in [4.78, 5) is 0. The number of benzene rings is 1. The molecule has 0 saturated carbocycles. The second-order valence-electron chi connectivity index (χ2n) is 4.67. The third-order valence-electron chi connectivity index (χ3n) is 3.06. The van der Waals surface area contributed by atoms with Gasteiger partial charge in [-0.05, 0) is 43.2 Å². The number of phenols is 1. The summed E-state index contributed by atoms with van der Waals surface area (Å²) in [6.45, 7) is 4.30. The van der Waals surface area contributed by atoms with E-state index in [9.17, 15) is 5.11 Å². The largest absolute Gasteiger partial charge is 0.508 e. The zero-order chi connectivity index (χ0) is 11.4. The molecule has 0 radical (unpaired) electrons. The van der Waals surface area contributed by atoms with Crippen LogP contribution in [-0.2, 0) is 6.54 Å². The van der Waals surface area contributed by atoms with E-state index in [1.807, 2.05) is 12.1 Å². The highest BCUT2D eigenvalue weighted by Gasteiger charge is 2.28. The third kappa shape index (κ3) is 3.16. The van der Waals surface area contributed by atoms with Gasteiger partial charge in [-0.15, -0.1) is 0 Å². The highest BCUT2D eigenvalue weighted by Crippen LogP contribution is 2.36. The summed E-state index contributed by atoms with van der Waals surface area (Å²) in [5.74, 6) is 1.64. The van der Waals surface area contributed by atoms with Crippen LogP contribution < -0.4 is 5.32 Å². The molecule has 2 nitrogen and oxygen atoms in total. The van der Waals surface area contributed by atoms with E-state index in [2.05, 4.69) is 24.0 Å². The first-order valence-corrected chi connectivity index (χ1v) is 6.79. The molecule has 1 unspecified atom stereocenters. The van der Waals surface area contributed by atoms with Gasteiger partial charge in [-0.25, -0.2) is 0 Å². The molecule has 2 N–H and O–H groups in total. The van der Waals surface area contributed by atoms with Crippen molar-refractivity contribution in [3.8, 4) is 5.75 Å². The topological polar surface area (TPSA) is 32.3 Å². The molecular weight excluding hydrogens is 218 g/mol. The molecule has 0 amide bonds. The summed E-state index contributed by atoms with van der Waals surface area (Å²) in [6.07, 6.45) is 2.67. The molecule has 1 aliphatic rings. The maximum atomic E-state index is 9.17. The minimum absolute atomic E-state index is 0.335. The van der Waals surface area contributed by atoms with Crippen molar-refractivity contribution in [2.24, 2.45) is 0 Å². The molecule has 16 heavy (non-hydrogen) atoms. The van der Waals surface area contributed by atoms with Gasteiger partial charge in [0.15, 0.2) is 0 Å². The Hall–Kier alpha value is -0.670. The molecule has 1 aliphatic heterocycles. The summed E-state index contributed by atoms with van der Waals surface area (Å²) in [5, 5.41) is 12.7. The van der Waals surface area contributed by atoms with Crippen molar-refractivity contribution in [3.63, 3.8) is 0 Å². The van der Waals surface area contributed by atoms with Gasteiger partial charge in [0.2, 0.25) is 0 Å². The van der Waals surface area contributed by atoms with Gasteiger partial charge in [0.05, 0.1) is 0 Å². The first-order chi connectivity index (χ1) is 7.68. The van der Waals surface area contributed by atoms with Gasteiger partial charge >= 0.3 is 0 Å². The Morgan fingerprint density at radius 1 is 1.38 bits per heavy atom. The zero-order valence-corrected chi connectivity index (χ0v) is 10.5. The molecule has 1 aromatic rings. The zero-order valence-electron chi connectivity index (χ0n) is 9.70. The van der Waals surface area contributed by atoms with Crippen LogP contribution in [0.2, 0.25) is 0 Å². The molecule has 3 heteroatoms. The van der Waals surface area contributed by atoms with E-state index >= 15 is 0 Å². The van der Waals surface area contributed by atoms with Gasteiger partial charge in [0, 0.05) is 17.8 Å². The smallest absolute Gasteiger partial charge is 0.115 e. The summed E-state index contributed by atoms with van der Waals surface area (Å²) >= 11 is 2.08. The molecular formula is C13H19NOS. The Morgan fingerprint density at radius 3 is 2.75 bits per heavy atom. The average molecular weight is 237 g/mol. The molecule has 1 atom stereocenters. The summed E-state index contributed by atoms with van der Waals surface area (Å²) in [5.41, 5.74) is 1.23. The first kappa shape index (κ1) is 11.8. The van der Waals surface area contributed by atoms with Crippen LogP contribution >= 0.6 is 11.8 Å². The van der Waals surface area contributed by atoms with Crippen molar-refractivity contribution >= 4 is 11.8 Å². The second kappa shape index (κ2) is 5.11. The fourth-order valence-corrected chi connectivity index (χ4v) is 3.34. The highest BCUT2D eigenvalue weighted by molar-refractivity contribution is 8.00. The van der Waals surface area contributed by atoms with Crippen molar-refractivity contribution in [2.75, 3.05) is 12.3 Å². The lowest BCUT2D eigenvalue weighted by Gasteiger charge is -2.23. The van der Waals surface area contributed by atoms with Crippen molar-refractivity contribution in [3.05, 3.63) is 29.8 Å². The molecule has 1 saturated heterocycles. The van der Waals surface area contributed by atoms with Gasteiger partial charge < -0.3 is 10.4 Å².